The van der Waals surface area contributed by atoms with Gasteiger partial charge in [-0.3, -0.25) is 19.2 Å². The van der Waals surface area contributed by atoms with Crippen LogP contribution >= 0.6 is 0 Å². The molecule has 12 heteroatoms. The highest BCUT2D eigenvalue weighted by molar-refractivity contribution is 6.31. The van der Waals surface area contributed by atoms with Crippen molar-refractivity contribution < 1.29 is 57.8 Å². The first-order valence-corrected chi connectivity index (χ1v) is 17.6. The Bertz CT molecular complexity index is 1950. The van der Waals surface area contributed by atoms with Crippen molar-refractivity contribution in [3.8, 4) is 23.0 Å². The summed E-state index contributed by atoms with van der Waals surface area (Å²) in [5.41, 5.74) is 1.33. The number of carbonyl (C=O) groups excluding carboxylic acids is 4. The van der Waals surface area contributed by atoms with Gasteiger partial charge in [0.2, 0.25) is 0 Å². The fraction of sp³-hybridized carbons (Fsp3) is 0.333. The second kappa shape index (κ2) is 16.7. The van der Waals surface area contributed by atoms with Crippen LogP contribution in [0.15, 0.2) is 60.7 Å². The summed E-state index contributed by atoms with van der Waals surface area (Å²) >= 11 is 0. The fourth-order valence-electron chi connectivity index (χ4n) is 7.31. The molecule has 0 fully saturated rings. The molecule has 0 spiro atoms. The Morgan fingerprint density at radius 1 is 0.500 bits per heavy atom. The molecule has 54 heavy (non-hydrogen) atoms. The zero-order chi connectivity index (χ0) is 38.5. The fourth-order valence-corrected chi connectivity index (χ4v) is 7.31. The molecule has 0 saturated carbocycles. The summed E-state index contributed by atoms with van der Waals surface area (Å²) < 4.78 is 33.5. The zero-order valence-electron chi connectivity index (χ0n) is 30.6. The van der Waals surface area contributed by atoms with Crippen molar-refractivity contribution in [2.45, 2.75) is 50.7 Å². The highest BCUT2D eigenvalue weighted by atomic mass is 16.7. The third-order valence-electron chi connectivity index (χ3n) is 9.92. The van der Waals surface area contributed by atoms with Gasteiger partial charge < -0.3 is 38.6 Å². The van der Waals surface area contributed by atoms with E-state index in [0.29, 0.717) is 36.8 Å². The minimum Gasteiger partial charge on any atom is -0.507 e. The molecule has 4 aromatic carbocycles. The Balaban J connectivity index is 1.17. The number of phenolic OH excluding ortho intramolecular Hbond substituents is 2. The topological polar surface area (TPSA) is 164 Å². The molecule has 0 amide bonds. The van der Waals surface area contributed by atoms with E-state index in [1.165, 1.54) is 28.4 Å². The molecule has 282 valence electrons. The lowest BCUT2D eigenvalue weighted by Gasteiger charge is -2.26. The van der Waals surface area contributed by atoms with E-state index in [0.717, 1.165) is 12.8 Å². The summed E-state index contributed by atoms with van der Waals surface area (Å²) in [6, 6.07) is 16.0. The number of unbranched alkanes of at least 4 members (excludes halogenated alkanes) is 3. The highest BCUT2D eigenvalue weighted by Crippen LogP contribution is 2.46. The molecule has 4 aromatic rings. The molecule has 0 saturated heterocycles. The Kier molecular flexibility index (Phi) is 11.9. The molecule has 2 aliphatic rings. The highest BCUT2D eigenvalue weighted by Gasteiger charge is 2.39. The summed E-state index contributed by atoms with van der Waals surface area (Å²) in [5.74, 6) is -2.10. The van der Waals surface area contributed by atoms with Gasteiger partial charge in [0.1, 0.15) is 36.6 Å². The van der Waals surface area contributed by atoms with Crippen LogP contribution in [0.25, 0.3) is 0 Å². The van der Waals surface area contributed by atoms with Crippen molar-refractivity contribution in [3.05, 3.63) is 116 Å². The van der Waals surface area contributed by atoms with Gasteiger partial charge in [-0.05, 0) is 25.0 Å². The van der Waals surface area contributed by atoms with Crippen molar-refractivity contribution >= 4 is 23.1 Å². The summed E-state index contributed by atoms with van der Waals surface area (Å²) in [7, 11) is 5.77. The maximum Gasteiger partial charge on any atom is 0.198 e. The molecule has 0 bridgehead atoms. The normalized spacial score (nSPS) is 14.2. The van der Waals surface area contributed by atoms with Crippen LogP contribution < -0.4 is 9.47 Å². The number of phenols is 2. The van der Waals surface area contributed by atoms with E-state index >= 15 is 0 Å². The molecule has 2 atom stereocenters. The van der Waals surface area contributed by atoms with Crippen LogP contribution in [0.2, 0.25) is 0 Å². The molecule has 6 rings (SSSR count). The largest absolute Gasteiger partial charge is 0.507 e. The average molecular weight is 739 g/mol. The molecule has 0 heterocycles. The number of aromatic hydroxyl groups is 2. The van der Waals surface area contributed by atoms with Gasteiger partial charge in [0.25, 0.3) is 0 Å². The van der Waals surface area contributed by atoms with Gasteiger partial charge in [-0.25, -0.2) is 0 Å². The molecule has 2 N–H and O–H groups in total. The van der Waals surface area contributed by atoms with Crippen LogP contribution in [-0.2, 0) is 18.9 Å². The van der Waals surface area contributed by atoms with Crippen LogP contribution in [0.5, 0.6) is 23.0 Å². The predicted octanol–water partition coefficient (Wildman–Crippen LogP) is 7.03. The Hall–Kier alpha value is -5.40. The van der Waals surface area contributed by atoms with Gasteiger partial charge in [0.05, 0.1) is 48.7 Å². The van der Waals surface area contributed by atoms with Crippen molar-refractivity contribution in [1.29, 1.82) is 0 Å². The second-order valence-corrected chi connectivity index (χ2v) is 13.1. The first kappa shape index (κ1) is 38.3. The smallest absolute Gasteiger partial charge is 0.198 e. The molecule has 0 aliphatic heterocycles. The molecule has 2 unspecified atom stereocenters. The van der Waals surface area contributed by atoms with Crippen molar-refractivity contribution in [3.63, 3.8) is 0 Å². The number of hydrogen-bond acceptors (Lipinski definition) is 12. The number of ketones is 4. The van der Waals surface area contributed by atoms with Gasteiger partial charge in [-0.2, -0.15) is 0 Å². The van der Waals surface area contributed by atoms with E-state index in [-0.39, 0.29) is 81.1 Å². The SMILES string of the molecule is COCOC(CCCCCCC(OCOC)c1cc(OC)c2c(c1O)C(=O)c1ccccc1C2=O)c1cc(OC)c2c(c1O)C(=O)c1ccccc1C2=O. The first-order chi connectivity index (χ1) is 26.2. The number of rotatable bonds is 17. The van der Waals surface area contributed by atoms with Gasteiger partial charge in [-0.1, -0.05) is 74.2 Å². The summed E-state index contributed by atoms with van der Waals surface area (Å²) in [4.78, 5) is 54.0. The zero-order valence-corrected chi connectivity index (χ0v) is 30.6. The Morgan fingerprint density at radius 2 is 0.833 bits per heavy atom. The van der Waals surface area contributed by atoms with Crippen LogP contribution in [0.1, 0.15) is 126 Å². The third-order valence-corrected chi connectivity index (χ3v) is 9.92. The van der Waals surface area contributed by atoms with E-state index in [4.69, 9.17) is 28.4 Å². The standard InChI is InChI=1S/C42H42O12/c1-49-21-53-29(27-19-31(51-3)33-35(41(27)47)39(45)25-15-11-9-13-23(25)37(33)43)17-7-5-6-8-18-30(54-22-50-2)28-20-32(52-4)34-36(42(28)48)40(46)26-16-12-10-14-24(26)38(34)44/h9-16,19-20,29-30,47-48H,5-8,17-18,21-22H2,1-4H3. The average Bonchev–Trinajstić information content (AvgIpc) is 3.19. The Morgan fingerprint density at radius 3 is 1.15 bits per heavy atom. The van der Waals surface area contributed by atoms with Gasteiger partial charge in [0, 0.05) is 47.6 Å². The lowest BCUT2D eigenvalue weighted by molar-refractivity contribution is -0.0782. The maximum absolute atomic E-state index is 13.6. The maximum atomic E-state index is 13.6. The van der Waals surface area contributed by atoms with E-state index in [1.807, 2.05) is 0 Å². The Labute approximate surface area is 312 Å². The van der Waals surface area contributed by atoms with Crippen molar-refractivity contribution in [2.24, 2.45) is 0 Å². The summed E-state index contributed by atoms with van der Waals surface area (Å²) in [6.45, 7) is -0.156. The van der Waals surface area contributed by atoms with Gasteiger partial charge >= 0.3 is 0 Å². The van der Waals surface area contributed by atoms with Gasteiger partial charge in [0.15, 0.2) is 23.1 Å². The van der Waals surface area contributed by atoms with E-state index in [1.54, 1.807) is 60.7 Å². The third kappa shape index (κ3) is 7.01. The number of hydrogen-bond donors (Lipinski definition) is 2. The lowest BCUT2D eigenvalue weighted by Crippen LogP contribution is -2.23. The summed E-state index contributed by atoms with van der Waals surface area (Å²) in [5, 5.41) is 23.0. The lowest BCUT2D eigenvalue weighted by atomic mass is 9.81. The van der Waals surface area contributed by atoms with E-state index in [9.17, 15) is 29.4 Å². The van der Waals surface area contributed by atoms with Crippen LogP contribution in [0.3, 0.4) is 0 Å². The quantitative estimate of drug-likeness (QED) is 0.0727. The van der Waals surface area contributed by atoms with Crippen LogP contribution in [0.4, 0.5) is 0 Å². The second-order valence-electron chi connectivity index (χ2n) is 13.1. The monoisotopic (exact) mass is 738 g/mol. The number of ether oxygens (including phenoxy) is 6. The number of fused-ring (bicyclic) bond motifs is 4. The molecule has 0 radical (unpaired) electrons. The van der Waals surface area contributed by atoms with Gasteiger partial charge in [-0.15, -0.1) is 0 Å². The van der Waals surface area contributed by atoms with Crippen LogP contribution in [-0.4, -0.2) is 75.4 Å². The van der Waals surface area contributed by atoms with E-state index < -0.39 is 35.3 Å². The first-order valence-electron chi connectivity index (χ1n) is 17.6. The molecule has 0 aromatic heterocycles. The number of carbonyl (C=O) groups is 4. The minimum atomic E-state index is -0.688. The van der Waals surface area contributed by atoms with E-state index in [2.05, 4.69) is 0 Å². The molecule has 12 nitrogen and oxygen atoms in total. The molecular weight excluding hydrogens is 696 g/mol. The van der Waals surface area contributed by atoms with Crippen LogP contribution in [0, 0.1) is 0 Å². The number of benzene rings is 4. The number of methoxy groups -OCH3 is 4. The minimum absolute atomic E-state index is 0.0153. The molecular formula is C42H42O12. The molecule has 2 aliphatic carbocycles. The van der Waals surface area contributed by atoms with Crippen molar-refractivity contribution in [1.82, 2.24) is 0 Å². The van der Waals surface area contributed by atoms with Crippen molar-refractivity contribution in [2.75, 3.05) is 42.0 Å². The summed E-state index contributed by atoms with van der Waals surface area (Å²) in [6.07, 6.45) is 2.30. The predicted molar refractivity (Wildman–Crippen MR) is 195 cm³/mol.